The lowest BCUT2D eigenvalue weighted by Crippen LogP contribution is -2.30. The van der Waals surface area contributed by atoms with E-state index < -0.39 is 6.10 Å². The van der Waals surface area contributed by atoms with Crippen LogP contribution in [0, 0.1) is 11.8 Å². The van der Waals surface area contributed by atoms with Crippen molar-refractivity contribution < 1.29 is 28.6 Å². The predicted octanol–water partition coefficient (Wildman–Crippen LogP) is 14.2. The van der Waals surface area contributed by atoms with Gasteiger partial charge in [0.05, 0.1) is 0 Å². The molecule has 0 spiro atoms. The van der Waals surface area contributed by atoms with Crippen molar-refractivity contribution >= 4 is 17.9 Å². The zero-order chi connectivity index (χ0) is 38.3. The van der Waals surface area contributed by atoms with Crippen LogP contribution in [-0.4, -0.2) is 37.2 Å². The van der Waals surface area contributed by atoms with E-state index in [0.29, 0.717) is 19.3 Å². The van der Waals surface area contributed by atoms with E-state index in [1.54, 1.807) is 0 Å². The second-order valence-corrected chi connectivity index (χ2v) is 16.6. The van der Waals surface area contributed by atoms with E-state index in [0.717, 1.165) is 76.0 Å². The number of hydrogen-bond acceptors (Lipinski definition) is 6. The number of carbonyl (C=O) groups excluding carboxylic acids is 3. The molecular formula is C46H88O6. The number of rotatable bonds is 40. The summed E-state index contributed by atoms with van der Waals surface area (Å²) in [5, 5.41) is 0. The molecule has 0 radical (unpaired) electrons. The highest BCUT2D eigenvalue weighted by Gasteiger charge is 2.19. The van der Waals surface area contributed by atoms with Crippen molar-refractivity contribution in [1.82, 2.24) is 0 Å². The number of carbonyl (C=O) groups is 3. The van der Waals surface area contributed by atoms with Gasteiger partial charge in [-0.1, -0.05) is 208 Å². The summed E-state index contributed by atoms with van der Waals surface area (Å²) in [6.45, 7) is 11.2. The van der Waals surface area contributed by atoms with Gasteiger partial charge in [-0.05, 0) is 31.1 Å². The largest absolute Gasteiger partial charge is 0.462 e. The summed E-state index contributed by atoms with van der Waals surface area (Å²) < 4.78 is 16.6. The fourth-order valence-corrected chi connectivity index (χ4v) is 6.75. The first-order chi connectivity index (χ1) is 25.2. The lowest BCUT2D eigenvalue weighted by atomic mass is 10.0. The molecule has 0 heterocycles. The lowest BCUT2D eigenvalue weighted by Gasteiger charge is -2.18. The average molecular weight is 737 g/mol. The van der Waals surface area contributed by atoms with Crippen LogP contribution in [0.3, 0.4) is 0 Å². The molecule has 0 saturated carbocycles. The first-order valence-corrected chi connectivity index (χ1v) is 22.7. The minimum atomic E-state index is -0.758. The maximum atomic E-state index is 12.5. The van der Waals surface area contributed by atoms with Crippen LogP contribution in [0.2, 0.25) is 0 Å². The quantitative estimate of drug-likeness (QED) is 0.0354. The van der Waals surface area contributed by atoms with Crippen LogP contribution in [0.4, 0.5) is 0 Å². The van der Waals surface area contributed by atoms with Gasteiger partial charge in [0, 0.05) is 19.3 Å². The van der Waals surface area contributed by atoms with Gasteiger partial charge in [0.15, 0.2) is 6.10 Å². The molecule has 0 aromatic carbocycles. The number of unbranched alkanes of at least 4 members (excludes halogenated alkanes) is 25. The van der Waals surface area contributed by atoms with Crippen LogP contribution < -0.4 is 0 Å². The Morgan fingerprint density at radius 2 is 0.635 bits per heavy atom. The van der Waals surface area contributed by atoms with E-state index in [4.69, 9.17) is 14.2 Å². The second kappa shape index (κ2) is 39.1. The Bertz CT molecular complexity index is 794. The molecule has 0 bridgehead atoms. The molecule has 6 heteroatoms. The van der Waals surface area contributed by atoms with Gasteiger partial charge in [0.25, 0.3) is 0 Å². The third-order valence-electron chi connectivity index (χ3n) is 10.2. The van der Waals surface area contributed by atoms with E-state index in [2.05, 4.69) is 34.6 Å². The van der Waals surface area contributed by atoms with E-state index in [9.17, 15) is 14.4 Å². The van der Waals surface area contributed by atoms with Gasteiger partial charge in [0.2, 0.25) is 0 Å². The van der Waals surface area contributed by atoms with Gasteiger partial charge in [0.1, 0.15) is 13.2 Å². The predicted molar refractivity (Wildman–Crippen MR) is 220 cm³/mol. The highest BCUT2D eigenvalue weighted by atomic mass is 16.6. The van der Waals surface area contributed by atoms with Gasteiger partial charge in [-0.25, -0.2) is 0 Å². The average Bonchev–Trinajstić information content (AvgIpc) is 3.11. The first-order valence-electron chi connectivity index (χ1n) is 22.7. The highest BCUT2D eigenvalue weighted by Crippen LogP contribution is 2.16. The molecule has 0 aliphatic rings. The normalized spacial score (nSPS) is 12.1. The van der Waals surface area contributed by atoms with Crippen molar-refractivity contribution in [3.8, 4) is 0 Å². The molecule has 0 saturated heterocycles. The Labute approximate surface area is 323 Å². The molecule has 308 valence electrons. The third-order valence-corrected chi connectivity index (χ3v) is 10.2. The summed E-state index contributed by atoms with van der Waals surface area (Å²) in [6, 6.07) is 0. The van der Waals surface area contributed by atoms with Crippen LogP contribution in [-0.2, 0) is 28.6 Å². The molecule has 0 rings (SSSR count). The molecule has 0 aliphatic heterocycles. The second-order valence-electron chi connectivity index (χ2n) is 16.6. The molecule has 0 N–H and O–H groups in total. The van der Waals surface area contributed by atoms with Gasteiger partial charge < -0.3 is 14.2 Å². The van der Waals surface area contributed by atoms with Gasteiger partial charge in [-0.15, -0.1) is 0 Å². The van der Waals surface area contributed by atoms with Crippen molar-refractivity contribution in [2.75, 3.05) is 13.2 Å². The molecular weight excluding hydrogens is 649 g/mol. The minimum Gasteiger partial charge on any atom is -0.462 e. The van der Waals surface area contributed by atoms with E-state index in [1.165, 1.54) is 128 Å². The van der Waals surface area contributed by atoms with Gasteiger partial charge >= 0.3 is 17.9 Å². The molecule has 0 aromatic rings. The molecule has 52 heavy (non-hydrogen) atoms. The summed E-state index contributed by atoms with van der Waals surface area (Å²) >= 11 is 0. The van der Waals surface area contributed by atoms with Gasteiger partial charge in [-0.3, -0.25) is 14.4 Å². The topological polar surface area (TPSA) is 78.9 Å². The van der Waals surface area contributed by atoms with E-state index in [-0.39, 0.29) is 31.1 Å². The number of hydrogen-bond donors (Lipinski definition) is 0. The molecule has 6 nitrogen and oxygen atoms in total. The Morgan fingerprint density at radius 3 is 0.942 bits per heavy atom. The molecule has 0 aliphatic carbocycles. The Kier molecular flexibility index (Phi) is 37.9. The minimum absolute atomic E-state index is 0.0665. The Balaban J connectivity index is 4.06. The fraction of sp³-hybridized carbons (Fsp3) is 0.935. The van der Waals surface area contributed by atoms with E-state index >= 15 is 0 Å². The van der Waals surface area contributed by atoms with Crippen LogP contribution in [0.1, 0.15) is 247 Å². The fourth-order valence-electron chi connectivity index (χ4n) is 6.75. The third kappa shape index (κ3) is 39.6. The SMILES string of the molecule is CCCCCCCC(=O)O[C@@H](COC(=O)CCCCCCCCCCCCCCCCCCC(C)C)COC(=O)CCCCCCCCCC(C)C. The lowest BCUT2D eigenvalue weighted by molar-refractivity contribution is -0.167. The van der Waals surface area contributed by atoms with Gasteiger partial charge in [-0.2, -0.15) is 0 Å². The summed E-state index contributed by atoms with van der Waals surface area (Å²) in [5.74, 6) is 0.760. The zero-order valence-electron chi connectivity index (χ0n) is 35.4. The smallest absolute Gasteiger partial charge is 0.306 e. The summed E-state index contributed by atoms with van der Waals surface area (Å²) in [5.41, 5.74) is 0. The van der Waals surface area contributed by atoms with Crippen molar-refractivity contribution in [1.29, 1.82) is 0 Å². The van der Waals surface area contributed by atoms with Crippen molar-refractivity contribution in [3.05, 3.63) is 0 Å². The Morgan fingerprint density at radius 1 is 0.365 bits per heavy atom. The standard InChI is InChI=1S/C46H88O6/c1-6-7-8-24-33-38-46(49)52-43(40-51-45(48)37-32-28-23-19-21-26-30-35-42(4)5)39-50-44(47)36-31-27-22-18-16-14-12-10-9-11-13-15-17-20-25-29-34-41(2)3/h41-43H,6-40H2,1-5H3/t43-/m0/s1. The van der Waals surface area contributed by atoms with Crippen LogP contribution >= 0.6 is 0 Å². The van der Waals surface area contributed by atoms with E-state index in [1.807, 2.05) is 0 Å². The first kappa shape index (κ1) is 50.4. The molecule has 0 unspecified atom stereocenters. The molecule has 1 atom stereocenters. The highest BCUT2D eigenvalue weighted by molar-refractivity contribution is 5.71. The Hall–Kier alpha value is -1.59. The van der Waals surface area contributed by atoms with Crippen LogP contribution in [0.15, 0.2) is 0 Å². The molecule has 0 amide bonds. The molecule has 0 aromatic heterocycles. The monoisotopic (exact) mass is 737 g/mol. The van der Waals surface area contributed by atoms with Crippen molar-refractivity contribution in [3.63, 3.8) is 0 Å². The van der Waals surface area contributed by atoms with Crippen molar-refractivity contribution in [2.45, 2.75) is 253 Å². The maximum absolute atomic E-state index is 12.5. The zero-order valence-corrected chi connectivity index (χ0v) is 35.4. The number of esters is 3. The molecule has 0 fully saturated rings. The van der Waals surface area contributed by atoms with Crippen LogP contribution in [0.5, 0.6) is 0 Å². The summed E-state index contributed by atoms with van der Waals surface area (Å²) in [7, 11) is 0. The summed E-state index contributed by atoms with van der Waals surface area (Å²) in [6.07, 6.45) is 37.1. The number of ether oxygens (including phenoxy) is 3. The van der Waals surface area contributed by atoms with Crippen molar-refractivity contribution in [2.24, 2.45) is 11.8 Å². The van der Waals surface area contributed by atoms with Crippen LogP contribution in [0.25, 0.3) is 0 Å². The maximum Gasteiger partial charge on any atom is 0.306 e. The summed E-state index contributed by atoms with van der Waals surface area (Å²) in [4.78, 5) is 37.4.